The van der Waals surface area contributed by atoms with Gasteiger partial charge in [-0.2, -0.15) is 0 Å². The summed E-state index contributed by atoms with van der Waals surface area (Å²) in [6.45, 7) is 6.70. The van der Waals surface area contributed by atoms with E-state index in [0.29, 0.717) is 0 Å². The fourth-order valence-corrected chi connectivity index (χ4v) is 6.98. The number of furan rings is 1. The van der Waals surface area contributed by atoms with Crippen LogP contribution in [0.5, 0.6) is 0 Å². The molecule has 0 aliphatic carbocycles. The van der Waals surface area contributed by atoms with Crippen molar-refractivity contribution >= 4 is 60.0 Å². The van der Waals surface area contributed by atoms with Crippen LogP contribution < -0.4 is 0 Å². The Labute approximate surface area is 297 Å². The summed E-state index contributed by atoms with van der Waals surface area (Å²) in [6.07, 6.45) is 3.70. The van der Waals surface area contributed by atoms with Crippen LogP contribution in [0.2, 0.25) is 0 Å². The molecular formula is C44H31IrN3O-2. The summed E-state index contributed by atoms with van der Waals surface area (Å²) in [6, 6.07) is 48.3. The van der Waals surface area contributed by atoms with Crippen LogP contribution in [-0.2, 0) is 25.5 Å². The third kappa shape index (κ3) is 5.09. The molecule has 0 aliphatic rings. The van der Waals surface area contributed by atoms with Crippen LogP contribution in [0.4, 0.5) is 0 Å². The Morgan fingerprint density at radius 2 is 1.37 bits per heavy atom. The molecule has 239 valence electrons. The van der Waals surface area contributed by atoms with Gasteiger partial charge in [-0.1, -0.05) is 80.8 Å². The molecule has 10 rings (SSSR count). The van der Waals surface area contributed by atoms with Gasteiger partial charge in [0.1, 0.15) is 11.2 Å². The summed E-state index contributed by atoms with van der Waals surface area (Å²) >= 11 is 0. The molecule has 5 aromatic carbocycles. The van der Waals surface area contributed by atoms with E-state index in [2.05, 4.69) is 115 Å². The molecule has 0 saturated carbocycles. The Balaban J connectivity index is 0.000000228. The SMILES string of the molecule is CC(C)(C)c1ccnc(-c2[c-]cc3c(c2)c2c4c(cc5c6ccccc6n3c52)oc2ccccc24)c1.[Ir].[c-]1ccccc1-c1ccccn1. The number of para-hydroxylation sites is 2. The first kappa shape index (κ1) is 30.9. The molecule has 1 radical (unpaired) electrons. The minimum Gasteiger partial charge on any atom is -0.456 e. The van der Waals surface area contributed by atoms with E-state index < -0.39 is 0 Å². The van der Waals surface area contributed by atoms with Gasteiger partial charge in [0.2, 0.25) is 0 Å². The minimum absolute atomic E-state index is 0. The zero-order valence-electron chi connectivity index (χ0n) is 27.3. The van der Waals surface area contributed by atoms with Crippen molar-refractivity contribution in [3.05, 3.63) is 151 Å². The van der Waals surface area contributed by atoms with E-state index in [-0.39, 0.29) is 25.5 Å². The number of benzene rings is 5. The van der Waals surface area contributed by atoms with Crippen molar-refractivity contribution in [3.63, 3.8) is 0 Å². The topological polar surface area (TPSA) is 43.3 Å². The van der Waals surface area contributed by atoms with Crippen molar-refractivity contribution in [1.29, 1.82) is 0 Å². The van der Waals surface area contributed by atoms with Crippen LogP contribution in [0.1, 0.15) is 26.3 Å². The number of hydrogen-bond donors (Lipinski definition) is 0. The van der Waals surface area contributed by atoms with Gasteiger partial charge in [0.15, 0.2) is 0 Å². The first-order chi connectivity index (χ1) is 23.5. The van der Waals surface area contributed by atoms with Crippen molar-refractivity contribution in [1.82, 2.24) is 14.4 Å². The second-order valence-corrected chi connectivity index (χ2v) is 13.3. The van der Waals surface area contributed by atoms with E-state index >= 15 is 0 Å². The zero-order valence-corrected chi connectivity index (χ0v) is 29.7. The number of fused-ring (bicyclic) bond motifs is 10. The summed E-state index contributed by atoms with van der Waals surface area (Å²) in [5, 5.41) is 7.23. The maximum atomic E-state index is 6.40. The first-order valence-electron chi connectivity index (χ1n) is 16.2. The van der Waals surface area contributed by atoms with Gasteiger partial charge in [-0.15, -0.1) is 59.7 Å². The molecule has 0 N–H and O–H groups in total. The molecular weight excluding hydrogens is 779 g/mol. The Hall–Kier alpha value is -5.35. The van der Waals surface area contributed by atoms with Crippen LogP contribution >= 0.6 is 0 Å². The van der Waals surface area contributed by atoms with Gasteiger partial charge in [-0.05, 0) is 58.2 Å². The van der Waals surface area contributed by atoms with Crippen LogP contribution in [0.15, 0.2) is 138 Å². The molecule has 5 heterocycles. The maximum Gasteiger partial charge on any atom is 0.136 e. The fraction of sp³-hybridized carbons (Fsp3) is 0.0909. The summed E-state index contributed by atoms with van der Waals surface area (Å²) in [7, 11) is 0. The van der Waals surface area contributed by atoms with Crippen LogP contribution in [0.25, 0.3) is 82.5 Å². The molecule has 49 heavy (non-hydrogen) atoms. The van der Waals surface area contributed by atoms with E-state index in [0.717, 1.165) is 44.6 Å². The number of hydrogen-bond acceptors (Lipinski definition) is 3. The van der Waals surface area contributed by atoms with E-state index in [4.69, 9.17) is 9.40 Å². The molecule has 0 saturated heterocycles. The molecule has 0 spiro atoms. The van der Waals surface area contributed by atoms with Crippen LogP contribution in [0, 0.1) is 12.1 Å². The molecule has 0 amide bonds. The third-order valence-corrected chi connectivity index (χ3v) is 9.29. The predicted octanol–water partition coefficient (Wildman–Crippen LogP) is 11.4. The van der Waals surface area contributed by atoms with E-state index in [1.807, 2.05) is 54.7 Å². The van der Waals surface area contributed by atoms with Crippen molar-refractivity contribution < 1.29 is 24.5 Å². The Kier molecular flexibility index (Phi) is 7.55. The average Bonchev–Trinajstić information content (AvgIpc) is 3.78. The molecule has 0 unspecified atom stereocenters. The third-order valence-electron chi connectivity index (χ3n) is 9.29. The smallest absolute Gasteiger partial charge is 0.136 e. The monoisotopic (exact) mass is 810 g/mol. The van der Waals surface area contributed by atoms with Crippen molar-refractivity contribution in [2.24, 2.45) is 0 Å². The van der Waals surface area contributed by atoms with Gasteiger partial charge in [-0.3, -0.25) is 0 Å². The normalized spacial score (nSPS) is 11.8. The minimum atomic E-state index is 0. The summed E-state index contributed by atoms with van der Waals surface area (Å²) in [4.78, 5) is 8.95. The molecule has 0 bridgehead atoms. The van der Waals surface area contributed by atoms with E-state index in [9.17, 15) is 0 Å². The molecule has 10 aromatic rings. The molecule has 5 heteroatoms. The van der Waals surface area contributed by atoms with Gasteiger partial charge >= 0.3 is 0 Å². The van der Waals surface area contributed by atoms with Gasteiger partial charge in [0.05, 0.1) is 5.52 Å². The number of aromatic nitrogens is 3. The van der Waals surface area contributed by atoms with Crippen molar-refractivity contribution in [3.8, 4) is 22.5 Å². The van der Waals surface area contributed by atoms with E-state index in [1.54, 1.807) is 6.20 Å². The molecule has 0 aliphatic heterocycles. The average molecular weight is 810 g/mol. The summed E-state index contributed by atoms with van der Waals surface area (Å²) in [5.74, 6) is 0. The first-order valence-corrected chi connectivity index (χ1v) is 16.2. The zero-order chi connectivity index (χ0) is 32.4. The van der Waals surface area contributed by atoms with Gasteiger partial charge in [0.25, 0.3) is 0 Å². The molecule has 4 nitrogen and oxygen atoms in total. The quantitative estimate of drug-likeness (QED) is 0.163. The fourth-order valence-electron chi connectivity index (χ4n) is 6.98. The van der Waals surface area contributed by atoms with Crippen molar-refractivity contribution in [2.75, 3.05) is 0 Å². The Bertz CT molecular complexity index is 2720. The van der Waals surface area contributed by atoms with Crippen LogP contribution in [-0.4, -0.2) is 14.4 Å². The molecule has 0 fully saturated rings. The number of nitrogens with zero attached hydrogens (tertiary/aromatic N) is 3. The van der Waals surface area contributed by atoms with E-state index in [1.165, 1.54) is 43.5 Å². The van der Waals surface area contributed by atoms with Gasteiger partial charge < -0.3 is 18.8 Å². The largest absolute Gasteiger partial charge is 0.456 e. The van der Waals surface area contributed by atoms with Crippen LogP contribution in [0.3, 0.4) is 0 Å². The molecule has 5 aromatic heterocycles. The van der Waals surface area contributed by atoms with Crippen molar-refractivity contribution in [2.45, 2.75) is 26.2 Å². The Morgan fingerprint density at radius 3 is 2.16 bits per heavy atom. The molecule has 0 atom stereocenters. The number of pyridine rings is 2. The van der Waals surface area contributed by atoms with Gasteiger partial charge in [0, 0.05) is 64.9 Å². The second kappa shape index (κ2) is 12.0. The number of rotatable bonds is 2. The predicted molar refractivity (Wildman–Crippen MR) is 198 cm³/mol. The summed E-state index contributed by atoms with van der Waals surface area (Å²) < 4.78 is 8.80. The maximum absolute atomic E-state index is 6.40. The van der Waals surface area contributed by atoms with Gasteiger partial charge in [-0.25, -0.2) is 0 Å². The summed E-state index contributed by atoms with van der Waals surface area (Å²) in [5.41, 5.74) is 10.7. The standard InChI is InChI=1S/C33H23N2O.C11H8N.Ir/c1-33(2,3)20-14-15-34-25(17-20)19-12-13-27-24(16-19)31-30-22-9-5-7-11-28(22)36-29(30)18-23-21-8-4-6-10-26(21)35(27)32(23)31;1-2-6-10(7-3-1)11-8-4-5-9-12-11;/h4-11,13-18H,1-3H3;1-6,8-9H;/q2*-1;. The second-order valence-electron chi connectivity index (χ2n) is 13.3. The Morgan fingerprint density at radius 1 is 0.592 bits per heavy atom.